The molecule has 0 amide bonds. The number of aromatic nitrogens is 2. The summed E-state index contributed by atoms with van der Waals surface area (Å²) in [5.74, 6) is 0.629. The van der Waals surface area contributed by atoms with Gasteiger partial charge in [0.25, 0.3) is 0 Å². The lowest BCUT2D eigenvalue weighted by Crippen LogP contribution is -2.35. The number of ketones is 1. The van der Waals surface area contributed by atoms with Crippen LogP contribution < -0.4 is 0 Å². The first kappa shape index (κ1) is 18.7. The van der Waals surface area contributed by atoms with E-state index in [0.29, 0.717) is 11.8 Å². The predicted molar refractivity (Wildman–Crippen MR) is 108 cm³/mol. The quantitative estimate of drug-likeness (QED) is 0.538. The van der Waals surface area contributed by atoms with E-state index in [1.165, 1.54) is 35.9 Å². The van der Waals surface area contributed by atoms with E-state index in [9.17, 15) is 4.79 Å². The SMILES string of the molecule is Cc1cc(C(=O)CSc2ccc(CN3CCOCC3)cn2)c(C)n1C1CC1. The molecule has 0 unspecified atom stereocenters. The second kappa shape index (κ2) is 8.17. The molecule has 1 aliphatic carbocycles. The van der Waals surface area contributed by atoms with Crippen molar-refractivity contribution >= 4 is 17.5 Å². The topological polar surface area (TPSA) is 47.4 Å². The Hall–Kier alpha value is -1.63. The van der Waals surface area contributed by atoms with E-state index in [1.54, 1.807) is 0 Å². The normalized spacial score (nSPS) is 18.0. The van der Waals surface area contributed by atoms with E-state index >= 15 is 0 Å². The summed E-state index contributed by atoms with van der Waals surface area (Å²) in [6.45, 7) is 8.66. The van der Waals surface area contributed by atoms with Gasteiger partial charge in [0.15, 0.2) is 5.78 Å². The van der Waals surface area contributed by atoms with E-state index in [1.807, 2.05) is 12.3 Å². The summed E-state index contributed by atoms with van der Waals surface area (Å²) in [4.78, 5) is 19.6. The third kappa shape index (κ3) is 4.45. The van der Waals surface area contributed by atoms with Crippen molar-refractivity contribution < 1.29 is 9.53 Å². The summed E-state index contributed by atoms with van der Waals surface area (Å²) < 4.78 is 7.72. The van der Waals surface area contributed by atoms with Crippen molar-refractivity contribution in [2.24, 2.45) is 0 Å². The molecule has 144 valence electrons. The zero-order valence-electron chi connectivity index (χ0n) is 16.1. The highest BCUT2D eigenvalue weighted by Crippen LogP contribution is 2.38. The number of carbonyl (C=O) groups is 1. The van der Waals surface area contributed by atoms with Gasteiger partial charge in [0, 0.05) is 48.8 Å². The molecule has 6 heteroatoms. The standard InChI is InChI=1S/C21H27N3O2S/c1-15-11-19(16(2)24(15)18-4-5-18)20(25)14-27-21-6-3-17(12-22-21)13-23-7-9-26-10-8-23/h3,6,11-12,18H,4-5,7-10,13-14H2,1-2H3. The van der Waals surface area contributed by atoms with E-state index in [2.05, 4.69) is 40.4 Å². The molecule has 5 nitrogen and oxygen atoms in total. The van der Waals surface area contributed by atoms with Gasteiger partial charge in [0.1, 0.15) is 0 Å². The minimum Gasteiger partial charge on any atom is -0.379 e. The van der Waals surface area contributed by atoms with Crippen molar-refractivity contribution in [2.45, 2.75) is 44.3 Å². The number of morpholine rings is 1. The van der Waals surface area contributed by atoms with Gasteiger partial charge in [0.2, 0.25) is 0 Å². The van der Waals surface area contributed by atoms with Crippen LogP contribution in [-0.2, 0) is 11.3 Å². The van der Waals surface area contributed by atoms with Gasteiger partial charge in [-0.1, -0.05) is 17.8 Å². The number of pyridine rings is 1. The molecule has 27 heavy (non-hydrogen) atoms. The van der Waals surface area contributed by atoms with Crippen LogP contribution in [0.25, 0.3) is 0 Å². The fourth-order valence-corrected chi connectivity index (χ4v) is 4.50. The summed E-state index contributed by atoms with van der Waals surface area (Å²) >= 11 is 1.52. The number of thioether (sulfide) groups is 1. The van der Waals surface area contributed by atoms with Crippen LogP contribution in [0.2, 0.25) is 0 Å². The zero-order valence-corrected chi connectivity index (χ0v) is 16.9. The average Bonchev–Trinajstić information content (AvgIpc) is 3.46. The Labute approximate surface area is 165 Å². The van der Waals surface area contributed by atoms with Crippen molar-refractivity contribution in [1.82, 2.24) is 14.5 Å². The lowest BCUT2D eigenvalue weighted by molar-refractivity contribution is 0.0341. The number of Topliss-reactive ketones (excluding diaryl/α,β-unsaturated/α-hetero) is 1. The third-order valence-corrected chi connectivity index (χ3v) is 6.30. The van der Waals surface area contributed by atoms with Crippen LogP contribution in [0.1, 0.15) is 46.2 Å². The van der Waals surface area contributed by atoms with Gasteiger partial charge in [-0.25, -0.2) is 4.98 Å². The maximum atomic E-state index is 12.7. The second-order valence-corrected chi connectivity index (χ2v) is 8.49. The minimum absolute atomic E-state index is 0.194. The van der Waals surface area contributed by atoms with Crippen molar-refractivity contribution in [2.75, 3.05) is 32.1 Å². The van der Waals surface area contributed by atoms with Crippen molar-refractivity contribution in [1.29, 1.82) is 0 Å². The summed E-state index contributed by atoms with van der Waals surface area (Å²) in [5.41, 5.74) is 4.40. The molecule has 0 N–H and O–H groups in total. The highest BCUT2D eigenvalue weighted by atomic mass is 32.2. The minimum atomic E-state index is 0.194. The number of nitrogens with zero attached hydrogens (tertiary/aromatic N) is 3. The van der Waals surface area contributed by atoms with Crippen molar-refractivity contribution in [3.8, 4) is 0 Å². The number of hydrogen-bond donors (Lipinski definition) is 0. The van der Waals surface area contributed by atoms with Crippen molar-refractivity contribution in [3.05, 3.63) is 46.9 Å². The molecule has 3 heterocycles. The van der Waals surface area contributed by atoms with Crippen LogP contribution >= 0.6 is 11.8 Å². The monoisotopic (exact) mass is 385 g/mol. The summed E-state index contributed by atoms with van der Waals surface area (Å²) in [5, 5.41) is 0.907. The molecule has 0 bridgehead atoms. The fourth-order valence-electron chi connectivity index (χ4n) is 3.78. The van der Waals surface area contributed by atoms with E-state index < -0.39 is 0 Å². The smallest absolute Gasteiger partial charge is 0.174 e. The van der Waals surface area contributed by atoms with Crippen LogP contribution in [-0.4, -0.2) is 52.3 Å². The first-order valence-corrected chi connectivity index (χ1v) is 10.7. The number of carbonyl (C=O) groups excluding carboxylic acids is 1. The molecule has 0 atom stereocenters. The summed E-state index contributed by atoms with van der Waals surface area (Å²) in [6.07, 6.45) is 4.40. The van der Waals surface area contributed by atoms with Gasteiger partial charge in [-0.05, 0) is 44.4 Å². The average molecular weight is 386 g/mol. The lowest BCUT2D eigenvalue weighted by Gasteiger charge is -2.26. The molecule has 0 spiro atoms. The van der Waals surface area contributed by atoms with E-state index in [0.717, 1.165) is 49.1 Å². The Morgan fingerprint density at radius 2 is 2.04 bits per heavy atom. The molecular formula is C21H27N3O2S. The molecular weight excluding hydrogens is 358 g/mol. The molecule has 2 aliphatic rings. The van der Waals surface area contributed by atoms with Gasteiger partial charge in [0.05, 0.1) is 24.0 Å². The molecule has 4 rings (SSSR count). The lowest BCUT2D eigenvalue weighted by atomic mass is 10.2. The number of hydrogen-bond acceptors (Lipinski definition) is 5. The molecule has 2 aromatic heterocycles. The number of rotatable bonds is 7. The van der Waals surface area contributed by atoms with Crippen molar-refractivity contribution in [3.63, 3.8) is 0 Å². The van der Waals surface area contributed by atoms with E-state index in [-0.39, 0.29) is 5.78 Å². The Morgan fingerprint density at radius 3 is 2.70 bits per heavy atom. The maximum Gasteiger partial charge on any atom is 0.174 e. The van der Waals surface area contributed by atoms with Crippen LogP contribution in [0.15, 0.2) is 29.4 Å². The molecule has 2 aromatic rings. The third-order valence-electron chi connectivity index (χ3n) is 5.36. The molecule has 1 aliphatic heterocycles. The molecule has 0 radical (unpaired) electrons. The highest BCUT2D eigenvalue weighted by Gasteiger charge is 2.28. The van der Waals surface area contributed by atoms with E-state index in [4.69, 9.17) is 4.74 Å². The number of aryl methyl sites for hydroxylation is 1. The number of ether oxygens (including phenoxy) is 1. The molecule has 1 saturated carbocycles. The Bertz CT molecular complexity index is 806. The van der Waals surface area contributed by atoms with Gasteiger partial charge in [-0.15, -0.1) is 0 Å². The van der Waals surface area contributed by atoms with Crippen LogP contribution in [0.5, 0.6) is 0 Å². The largest absolute Gasteiger partial charge is 0.379 e. The van der Waals surface area contributed by atoms with Gasteiger partial charge in [-0.3, -0.25) is 9.69 Å². The Kier molecular flexibility index (Phi) is 5.66. The Morgan fingerprint density at radius 1 is 1.26 bits per heavy atom. The van der Waals surface area contributed by atoms with Gasteiger partial charge < -0.3 is 9.30 Å². The van der Waals surface area contributed by atoms with Gasteiger partial charge >= 0.3 is 0 Å². The fraction of sp³-hybridized carbons (Fsp3) is 0.524. The first-order valence-electron chi connectivity index (χ1n) is 9.71. The maximum absolute atomic E-state index is 12.7. The molecule has 2 fully saturated rings. The predicted octanol–water partition coefficient (Wildman–Crippen LogP) is 3.64. The Balaban J connectivity index is 1.33. The molecule has 1 saturated heterocycles. The molecule has 0 aromatic carbocycles. The van der Waals surface area contributed by atoms with Crippen LogP contribution in [0, 0.1) is 13.8 Å². The highest BCUT2D eigenvalue weighted by molar-refractivity contribution is 7.99. The van der Waals surface area contributed by atoms with Crippen LogP contribution in [0.4, 0.5) is 0 Å². The zero-order chi connectivity index (χ0) is 18.8. The first-order chi connectivity index (χ1) is 13.1. The second-order valence-electron chi connectivity index (χ2n) is 7.49. The van der Waals surface area contributed by atoms with Crippen LogP contribution in [0.3, 0.4) is 0 Å². The summed E-state index contributed by atoms with van der Waals surface area (Å²) in [7, 11) is 0. The summed E-state index contributed by atoms with van der Waals surface area (Å²) in [6, 6.07) is 6.81. The van der Waals surface area contributed by atoms with Gasteiger partial charge in [-0.2, -0.15) is 0 Å².